The average Bonchev–Trinajstić information content (AvgIpc) is 2.62. The van der Waals surface area contributed by atoms with E-state index in [0.717, 1.165) is 38.3 Å². The van der Waals surface area contributed by atoms with Crippen molar-refractivity contribution in [3.8, 4) is 0 Å². The fraction of sp³-hybridized carbons (Fsp3) is 0.368. The van der Waals surface area contributed by atoms with Gasteiger partial charge in [0.2, 0.25) is 0 Å². The minimum Gasteiger partial charge on any atom is -0.371 e. The van der Waals surface area contributed by atoms with Crippen molar-refractivity contribution in [1.82, 2.24) is 5.32 Å². The van der Waals surface area contributed by atoms with Crippen LogP contribution in [0.1, 0.15) is 6.42 Å². The molecule has 0 aromatic heterocycles. The molecule has 2 N–H and O–H groups in total. The lowest BCUT2D eigenvalue weighted by molar-refractivity contribution is 0.588. The van der Waals surface area contributed by atoms with Gasteiger partial charge < -0.3 is 15.5 Å². The standard InChI is InChI=1S/C19H25N3O2S.ClH/c1-3-19(9-5-4-6-10-19)21-17-15-16(22-13-11-20-12-14-22)7-8-18(17)25(2,23)24;/h3-9,15,20-21H,1,10-14H2,2H3;1H. The lowest BCUT2D eigenvalue weighted by Gasteiger charge is -2.33. The SMILES string of the molecule is C=CC1(Nc2cc(N3CCNCC3)ccc2S(C)(=O)=O)C=CC=CC1.Cl. The van der Waals surface area contributed by atoms with Gasteiger partial charge in [0.25, 0.3) is 0 Å². The van der Waals surface area contributed by atoms with Gasteiger partial charge in [-0.3, -0.25) is 0 Å². The summed E-state index contributed by atoms with van der Waals surface area (Å²) in [6.45, 7) is 7.62. The van der Waals surface area contributed by atoms with E-state index in [9.17, 15) is 8.42 Å². The summed E-state index contributed by atoms with van der Waals surface area (Å²) in [5, 5.41) is 6.75. The van der Waals surface area contributed by atoms with Gasteiger partial charge in [0.1, 0.15) is 0 Å². The minimum atomic E-state index is -3.34. The number of nitrogens with one attached hydrogen (secondary N) is 2. The molecule has 1 fully saturated rings. The topological polar surface area (TPSA) is 61.4 Å². The zero-order valence-electron chi connectivity index (χ0n) is 14.9. The molecule has 26 heavy (non-hydrogen) atoms. The van der Waals surface area contributed by atoms with Gasteiger partial charge in [0.15, 0.2) is 9.84 Å². The Bertz CT molecular complexity index is 814. The molecule has 7 heteroatoms. The van der Waals surface area contributed by atoms with E-state index in [0.29, 0.717) is 10.6 Å². The Balaban J connectivity index is 0.00000243. The van der Waals surface area contributed by atoms with Crippen LogP contribution in [-0.4, -0.2) is 46.4 Å². The molecule has 1 unspecified atom stereocenters. The number of hydrogen-bond acceptors (Lipinski definition) is 5. The third kappa shape index (κ3) is 4.50. The number of allylic oxidation sites excluding steroid dienone is 2. The number of benzene rings is 1. The Morgan fingerprint density at radius 2 is 2.00 bits per heavy atom. The van der Waals surface area contributed by atoms with E-state index in [1.165, 1.54) is 6.26 Å². The largest absolute Gasteiger partial charge is 0.371 e. The van der Waals surface area contributed by atoms with E-state index in [-0.39, 0.29) is 12.4 Å². The molecule has 2 aliphatic rings. The Hall–Kier alpha value is -1.76. The van der Waals surface area contributed by atoms with Gasteiger partial charge in [-0.1, -0.05) is 30.4 Å². The van der Waals surface area contributed by atoms with Crippen molar-refractivity contribution in [2.45, 2.75) is 16.9 Å². The van der Waals surface area contributed by atoms with Crippen LogP contribution in [0.15, 0.2) is 60.1 Å². The van der Waals surface area contributed by atoms with Crippen LogP contribution in [0.25, 0.3) is 0 Å². The number of rotatable bonds is 5. The van der Waals surface area contributed by atoms with Crippen molar-refractivity contribution in [2.24, 2.45) is 0 Å². The third-order valence-corrected chi connectivity index (χ3v) is 5.83. The average molecular weight is 396 g/mol. The van der Waals surface area contributed by atoms with Crippen molar-refractivity contribution < 1.29 is 8.42 Å². The maximum atomic E-state index is 12.3. The second-order valence-corrected chi connectivity index (χ2v) is 8.53. The fourth-order valence-electron chi connectivity index (χ4n) is 3.24. The molecular weight excluding hydrogens is 370 g/mol. The second-order valence-electron chi connectivity index (χ2n) is 6.55. The summed E-state index contributed by atoms with van der Waals surface area (Å²) in [4.78, 5) is 2.58. The first-order chi connectivity index (χ1) is 11.9. The number of nitrogens with zero attached hydrogens (tertiary/aromatic N) is 1. The Kier molecular flexibility index (Phi) is 6.55. The predicted molar refractivity (Wildman–Crippen MR) is 111 cm³/mol. The zero-order valence-corrected chi connectivity index (χ0v) is 16.6. The number of piperazine rings is 1. The second kappa shape index (κ2) is 8.29. The monoisotopic (exact) mass is 395 g/mol. The number of sulfone groups is 1. The summed E-state index contributed by atoms with van der Waals surface area (Å²) in [6.07, 6.45) is 11.8. The molecule has 1 heterocycles. The van der Waals surface area contributed by atoms with Gasteiger partial charge in [0.05, 0.1) is 16.1 Å². The fourth-order valence-corrected chi connectivity index (χ4v) is 4.07. The Morgan fingerprint density at radius 1 is 1.27 bits per heavy atom. The van der Waals surface area contributed by atoms with Gasteiger partial charge in [-0.25, -0.2) is 8.42 Å². The molecule has 3 rings (SSSR count). The molecule has 1 aliphatic carbocycles. The van der Waals surface area contributed by atoms with Gasteiger partial charge in [-0.05, 0) is 24.6 Å². The highest BCUT2D eigenvalue weighted by Crippen LogP contribution is 2.32. The van der Waals surface area contributed by atoms with Crippen LogP contribution in [0.5, 0.6) is 0 Å². The van der Waals surface area contributed by atoms with Crippen LogP contribution in [0.3, 0.4) is 0 Å². The molecule has 1 aromatic rings. The van der Waals surface area contributed by atoms with Crippen molar-refractivity contribution in [2.75, 3.05) is 42.7 Å². The molecule has 5 nitrogen and oxygen atoms in total. The number of anilines is 2. The molecule has 1 aromatic carbocycles. The molecular formula is C19H26ClN3O2S. The van der Waals surface area contributed by atoms with Gasteiger partial charge in [-0.2, -0.15) is 0 Å². The van der Waals surface area contributed by atoms with E-state index in [1.54, 1.807) is 6.07 Å². The molecule has 0 saturated carbocycles. The van der Waals surface area contributed by atoms with Gasteiger partial charge >= 0.3 is 0 Å². The molecule has 0 bridgehead atoms. The van der Waals surface area contributed by atoms with Crippen molar-refractivity contribution in [3.63, 3.8) is 0 Å². The summed E-state index contributed by atoms with van der Waals surface area (Å²) < 4.78 is 24.5. The first-order valence-corrected chi connectivity index (χ1v) is 10.4. The summed E-state index contributed by atoms with van der Waals surface area (Å²) in [5.41, 5.74) is 1.18. The van der Waals surface area contributed by atoms with Crippen LogP contribution in [0, 0.1) is 0 Å². The highest BCUT2D eigenvalue weighted by atomic mass is 35.5. The molecule has 0 radical (unpaired) electrons. The molecule has 1 atom stereocenters. The minimum absolute atomic E-state index is 0. The first kappa shape index (κ1) is 20.6. The Labute approximate surface area is 162 Å². The van der Waals surface area contributed by atoms with Crippen LogP contribution in [-0.2, 0) is 9.84 Å². The normalized spacial score (nSPS) is 22.6. The summed E-state index contributed by atoms with van der Waals surface area (Å²) >= 11 is 0. The molecule has 1 saturated heterocycles. The van der Waals surface area contributed by atoms with E-state index in [4.69, 9.17) is 0 Å². The zero-order chi connectivity index (χ0) is 17.9. The smallest absolute Gasteiger partial charge is 0.177 e. The number of halogens is 1. The van der Waals surface area contributed by atoms with E-state index in [1.807, 2.05) is 36.4 Å². The molecule has 0 spiro atoms. The van der Waals surface area contributed by atoms with Gasteiger partial charge in [0, 0.05) is 38.1 Å². The summed E-state index contributed by atoms with van der Waals surface area (Å²) in [6, 6.07) is 5.54. The highest BCUT2D eigenvalue weighted by Gasteiger charge is 2.26. The summed E-state index contributed by atoms with van der Waals surface area (Å²) in [5.74, 6) is 0. The number of hydrogen-bond donors (Lipinski definition) is 2. The van der Waals surface area contributed by atoms with Crippen LogP contribution in [0.4, 0.5) is 11.4 Å². The lowest BCUT2D eigenvalue weighted by atomic mass is 9.91. The molecule has 142 valence electrons. The summed E-state index contributed by atoms with van der Waals surface area (Å²) in [7, 11) is -3.34. The van der Waals surface area contributed by atoms with E-state index >= 15 is 0 Å². The molecule has 1 aliphatic heterocycles. The van der Waals surface area contributed by atoms with Crippen molar-refractivity contribution in [3.05, 3.63) is 55.2 Å². The Morgan fingerprint density at radius 3 is 2.58 bits per heavy atom. The van der Waals surface area contributed by atoms with Crippen LogP contribution < -0.4 is 15.5 Å². The van der Waals surface area contributed by atoms with Crippen LogP contribution >= 0.6 is 12.4 Å². The van der Waals surface area contributed by atoms with Gasteiger partial charge in [-0.15, -0.1) is 19.0 Å². The third-order valence-electron chi connectivity index (χ3n) is 4.67. The van der Waals surface area contributed by atoms with Crippen molar-refractivity contribution in [1.29, 1.82) is 0 Å². The highest BCUT2D eigenvalue weighted by molar-refractivity contribution is 7.90. The maximum Gasteiger partial charge on any atom is 0.177 e. The van der Waals surface area contributed by atoms with E-state index < -0.39 is 15.4 Å². The first-order valence-electron chi connectivity index (χ1n) is 8.49. The predicted octanol–water partition coefficient (Wildman–Crippen LogP) is 2.77. The maximum absolute atomic E-state index is 12.3. The van der Waals surface area contributed by atoms with Crippen molar-refractivity contribution >= 4 is 33.6 Å². The van der Waals surface area contributed by atoms with E-state index in [2.05, 4.69) is 28.2 Å². The lowest BCUT2D eigenvalue weighted by Crippen LogP contribution is -2.43. The van der Waals surface area contributed by atoms with Crippen LogP contribution in [0.2, 0.25) is 0 Å². The quantitative estimate of drug-likeness (QED) is 0.750. The molecule has 0 amide bonds.